The smallest absolute Gasteiger partial charge is 0.234 e. The van der Waals surface area contributed by atoms with Gasteiger partial charge in [-0.25, -0.2) is 18.7 Å². The molecule has 0 amide bonds. The Balaban J connectivity index is 2.29. The fourth-order valence-corrected chi connectivity index (χ4v) is 1.72. The van der Waals surface area contributed by atoms with Crippen LogP contribution in [0.4, 0.5) is 8.78 Å². The Bertz CT molecular complexity index is 677. The van der Waals surface area contributed by atoms with Crippen molar-refractivity contribution < 1.29 is 8.78 Å². The van der Waals surface area contributed by atoms with Crippen LogP contribution >= 0.6 is 0 Å². The van der Waals surface area contributed by atoms with E-state index in [1.807, 2.05) is 0 Å². The molecule has 0 aliphatic rings. The molecule has 0 N–H and O–H groups in total. The van der Waals surface area contributed by atoms with Gasteiger partial charge in [0.05, 0.1) is 5.52 Å². The number of rotatable bonds is 1. The first kappa shape index (κ1) is 9.89. The minimum absolute atomic E-state index is 0.425. The molecule has 1 aromatic carbocycles. The third-order valence-corrected chi connectivity index (χ3v) is 2.50. The molecule has 84 valence electrons. The van der Waals surface area contributed by atoms with E-state index in [9.17, 15) is 8.78 Å². The van der Waals surface area contributed by atoms with Crippen molar-refractivity contribution in [3.05, 3.63) is 54.5 Å². The average molecular weight is 231 g/mol. The Kier molecular flexibility index (Phi) is 2.11. The number of fused-ring (bicyclic) bond motifs is 1. The second kappa shape index (κ2) is 3.62. The molecule has 17 heavy (non-hydrogen) atoms. The van der Waals surface area contributed by atoms with Crippen molar-refractivity contribution in [2.24, 2.45) is 0 Å². The minimum atomic E-state index is -0.881. The number of hydrogen-bond donors (Lipinski definition) is 0. The summed E-state index contributed by atoms with van der Waals surface area (Å²) in [6, 6.07) is 5.68. The summed E-state index contributed by atoms with van der Waals surface area (Å²) in [5.74, 6) is -1.31. The van der Waals surface area contributed by atoms with Crippen LogP contribution in [0.5, 0.6) is 0 Å². The summed E-state index contributed by atoms with van der Waals surface area (Å²) in [6.07, 6.45) is 4.86. The van der Waals surface area contributed by atoms with Crippen LogP contribution in [0.15, 0.2) is 42.9 Å². The summed E-state index contributed by atoms with van der Waals surface area (Å²) in [5.41, 5.74) is 0.537. The van der Waals surface area contributed by atoms with Gasteiger partial charge in [0.2, 0.25) is 5.95 Å². The zero-order valence-electron chi connectivity index (χ0n) is 8.64. The van der Waals surface area contributed by atoms with Crippen LogP contribution in [0.25, 0.3) is 16.9 Å². The normalized spacial score (nSPS) is 10.9. The second-order valence-corrected chi connectivity index (χ2v) is 3.56. The quantitative estimate of drug-likeness (QED) is 0.644. The Morgan fingerprint density at radius 1 is 1.00 bits per heavy atom. The molecule has 5 heteroatoms. The van der Waals surface area contributed by atoms with Gasteiger partial charge in [0.15, 0.2) is 11.6 Å². The Morgan fingerprint density at radius 2 is 1.71 bits per heavy atom. The van der Waals surface area contributed by atoms with Crippen LogP contribution in [-0.2, 0) is 0 Å². The molecule has 0 aliphatic heterocycles. The lowest BCUT2D eigenvalue weighted by atomic mass is 10.2. The van der Waals surface area contributed by atoms with Crippen molar-refractivity contribution in [1.29, 1.82) is 0 Å². The van der Waals surface area contributed by atoms with Gasteiger partial charge in [0.1, 0.15) is 0 Å². The molecular weight excluding hydrogens is 224 g/mol. The summed E-state index contributed by atoms with van der Waals surface area (Å²) in [6.45, 7) is 0. The van der Waals surface area contributed by atoms with Crippen molar-refractivity contribution in [3.63, 3.8) is 0 Å². The number of nitrogens with zero attached hydrogens (tertiary/aromatic N) is 3. The van der Waals surface area contributed by atoms with Gasteiger partial charge in [0, 0.05) is 30.0 Å². The third-order valence-electron chi connectivity index (χ3n) is 2.50. The van der Waals surface area contributed by atoms with Gasteiger partial charge in [-0.3, -0.25) is 4.57 Å². The van der Waals surface area contributed by atoms with Crippen LogP contribution in [0.2, 0.25) is 0 Å². The Labute approximate surface area is 95.4 Å². The monoisotopic (exact) mass is 231 g/mol. The van der Waals surface area contributed by atoms with Gasteiger partial charge in [-0.1, -0.05) is 0 Å². The molecule has 0 radical (unpaired) electrons. The van der Waals surface area contributed by atoms with Gasteiger partial charge in [0.25, 0.3) is 0 Å². The highest BCUT2D eigenvalue weighted by Crippen LogP contribution is 2.21. The lowest BCUT2D eigenvalue weighted by Gasteiger charge is -2.02. The second-order valence-electron chi connectivity index (χ2n) is 3.56. The summed E-state index contributed by atoms with van der Waals surface area (Å²) in [5, 5.41) is 0.608. The molecule has 0 saturated carbocycles. The average Bonchev–Trinajstić information content (AvgIpc) is 2.74. The van der Waals surface area contributed by atoms with E-state index in [1.165, 1.54) is 0 Å². The first-order valence-corrected chi connectivity index (χ1v) is 4.99. The number of benzene rings is 1. The van der Waals surface area contributed by atoms with Crippen LogP contribution in [0.3, 0.4) is 0 Å². The van der Waals surface area contributed by atoms with Crippen LogP contribution in [0.1, 0.15) is 0 Å². The van der Waals surface area contributed by atoms with E-state index in [0.717, 1.165) is 12.1 Å². The number of hydrogen-bond acceptors (Lipinski definition) is 2. The molecule has 0 bridgehead atoms. The lowest BCUT2D eigenvalue weighted by Crippen LogP contribution is -1.98. The standard InChI is InChI=1S/C12H7F2N3/c13-9-6-8-2-5-17(11(8)7-10(9)14)12-15-3-1-4-16-12/h1-7H. The summed E-state index contributed by atoms with van der Waals surface area (Å²) in [4.78, 5) is 8.12. The van der Waals surface area contributed by atoms with Gasteiger partial charge < -0.3 is 0 Å². The van der Waals surface area contributed by atoms with Crippen molar-refractivity contribution >= 4 is 10.9 Å². The molecule has 3 nitrogen and oxygen atoms in total. The molecule has 3 aromatic rings. The number of aromatic nitrogens is 3. The SMILES string of the molecule is Fc1cc2ccn(-c3ncccn3)c2cc1F. The molecule has 0 spiro atoms. The molecule has 2 aromatic heterocycles. The molecule has 3 rings (SSSR count). The molecule has 2 heterocycles. The first-order chi connectivity index (χ1) is 8.25. The van der Waals surface area contributed by atoms with E-state index in [1.54, 1.807) is 35.3 Å². The van der Waals surface area contributed by atoms with Crippen molar-refractivity contribution in [2.75, 3.05) is 0 Å². The van der Waals surface area contributed by atoms with E-state index in [0.29, 0.717) is 16.9 Å². The molecule has 0 fully saturated rings. The third kappa shape index (κ3) is 1.56. The van der Waals surface area contributed by atoms with Crippen LogP contribution < -0.4 is 0 Å². The van der Waals surface area contributed by atoms with Gasteiger partial charge in [-0.2, -0.15) is 0 Å². The van der Waals surface area contributed by atoms with Crippen LogP contribution in [-0.4, -0.2) is 14.5 Å². The fourth-order valence-electron chi connectivity index (χ4n) is 1.72. The highest BCUT2D eigenvalue weighted by Gasteiger charge is 2.09. The Morgan fingerprint density at radius 3 is 2.47 bits per heavy atom. The van der Waals surface area contributed by atoms with Gasteiger partial charge >= 0.3 is 0 Å². The lowest BCUT2D eigenvalue weighted by molar-refractivity contribution is 0.510. The topological polar surface area (TPSA) is 30.7 Å². The van der Waals surface area contributed by atoms with E-state index >= 15 is 0 Å². The van der Waals surface area contributed by atoms with Gasteiger partial charge in [-0.05, 0) is 18.2 Å². The molecule has 0 atom stereocenters. The van der Waals surface area contributed by atoms with E-state index in [-0.39, 0.29) is 0 Å². The molecule has 0 unspecified atom stereocenters. The zero-order valence-corrected chi connectivity index (χ0v) is 8.64. The highest BCUT2D eigenvalue weighted by atomic mass is 19.2. The fraction of sp³-hybridized carbons (Fsp3) is 0. The largest absolute Gasteiger partial charge is 0.285 e. The van der Waals surface area contributed by atoms with Crippen LogP contribution in [0, 0.1) is 11.6 Å². The van der Waals surface area contributed by atoms with E-state index < -0.39 is 11.6 Å². The van der Waals surface area contributed by atoms with Crippen molar-refractivity contribution in [2.45, 2.75) is 0 Å². The molecule has 0 aliphatic carbocycles. The van der Waals surface area contributed by atoms with E-state index in [4.69, 9.17) is 0 Å². The maximum atomic E-state index is 13.2. The zero-order chi connectivity index (χ0) is 11.8. The molecule has 0 saturated heterocycles. The first-order valence-electron chi connectivity index (χ1n) is 4.99. The molecular formula is C12H7F2N3. The van der Waals surface area contributed by atoms with Crippen molar-refractivity contribution in [3.8, 4) is 5.95 Å². The van der Waals surface area contributed by atoms with E-state index in [2.05, 4.69) is 9.97 Å². The predicted molar refractivity (Wildman–Crippen MR) is 58.8 cm³/mol. The summed E-state index contributed by atoms with van der Waals surface area (Å²) in [7, 11) is 0. The minimum Gasteiger partial charge on any atom is -0.285 e. The van der Waals surface area contributed by atoms with Crippen molar-refractivity contribution in [1.82, 2.24) is 14.5 Å². The summed E-state index contributed by atoms with van der Waals surface area (Å²) >= 11 is 0. The Hall–Kier alpha value is -2.30. The maximum absolute atomic E-state index is 13.2. The highest BCUT2D eigenvalue weighted by molar-refractivity contribution is 5.81. The summed E-state index contributed by atoms with van der Waals surface area (Å²) < 4.78 is 27.8. The number of halogens is 2. The predicted octanol–water partition coefficient (Wildman–Crippen LogP) is 2.70. The van der Waals surface area contributed by atoms with Gasteiger partial charge in [-0.15, -0.1) is 0 Å². The maximum Gasteiger partial charge on any atom is 0.234 e.